The number of carboxylic acid groups (broad SMARTS) is 1. The van der Waals surface area contributed by atoms with Gasteiger partial charge in [0.15, 0.2) is 0 Å². The summed E-state index contributed by atoms with van der Waals surface area (Å²) in [7, 11) is 0. The standard InChI is InChI=1S/C13H15FN2O5/c1-8-7-15(3-2-4-21-8)11-5-9(13(17)18)10(14)6-12(11)16(19)20/h5-6,8H,2-4,7H2,1H3,(H,17,18). The maximum atomic E-state index is 13.6. The molecule has 7 nitrogen and oxygen atoms in total. The lowest BCUT2D eigenvalue weighted by Crippen LogP contribution is -2.31. The molecule has 8 heteroatoms. The number of rotatable bonds is 3. The van der Waals surface area contributed by atoms with Gasteiger partial charge in [-0.2, -0.15) is 0 Å². The minimum absolute atomic E-state index is 0.108. The fourth-order valence-corrected chi connectivity index (χ4v) is 2.33. The van der Waals surface area contributed by atoms with Crippen molar-refractivity contribution in [1.82, 2.24) is 0 Å². The number of carbonyl (C=O) groups is 1. The summed E-state index contributed by atoms with van der Waals surface area (Å²) in [5.74, 6) is -2.57. The SMILES string of the molecule is CC1CN(c2cc(C(=O)O)c(F)cc2[N+](=O)[O-])CCCO1. The molecule has 1 unspecified atom stereocenters. The van der Waals surface area contributed by atoms with E-state index in [0.29, 0.717) is 32.2 Å². The molecule has 21 heavy (non-hydrogen) atoms. The molecule has 0 saturated carbocycles. The van der Waals surface area contributed by atoms with Gasteiger partial charge in [0.25, 0.3) is 5.69 Å². The van der Waals surface area contributed by atoms with Crippen LogP contribution in [0.1, 0.15) is 23.7 Å². The van der Waals surface area contributed by atoms with Crippen LogP contribution in [0.15, 0.2) is 12.1 Å². The van der Waals surface area contributed by atoms with Gasteiger partial charge in [-0.25, -0.2) is 9.18 Å². The molecule has 1 heterocycles. The molecule has 0 aliphatic carbocycles. The Hall–Kier alpha value is -2.22. The smallest absolute Gasteiger partial charge is 0.338 e. The third-order valence-electron chi connectivity index (χ3n) is 3.28. The molecule has 1 saturated heterocycles. The van der Waals surface area contributed by atoms with E-state index in [2.05, 4.69) is 0 Å². The van der Waals surface area contributed by atoms with E-state index in [1.807, 2.05) is 6.92 Å². The zero-order valence-electron chi connectivity index (χ0n) is 11.4. The highest BCUT2D eigenvalue weighted by Crippen LogP contribution is 2.32. The van der Waals surface area contributed by atoms with Crippen LogP contribution in [0.3, 0.4) is 0 Å². The minimum Gasteiger partial charge on any atom is -0.478 e. The molecule has 1 atom stereocenters. The molecule has 0 radical (unpaired) electrons. The van der Waals surface area contributed by atoms with Crippen LogP contribution < -0.4 is 4.90 Å². The van der Waals surface area contributed by atoms with Crippen LogP contribution in [-0.2, 0) is 4.74 Å². The van der Waals surface area contributed by atoms with Crippen molar-refractivity contribution in [3.05, 3.63) is 33.6 Å². The van der Waals surface area contributed by atoms with Gasteiger partial charge in [-0.15, -0.1) is 0 Å². The van der Waals surface area contributed by atoms with Gasteiger partial charge in [0, 0.05) is 19.7 Å². The van der Waals surface area contributed by atoms with Crippen LogP contribution in [-0.4, -0.2) is 41.8 Å². The van der Waals surface area contributed by atoms with Crippen molar-refractivity contribution in [1.29, 1.82) is 0 Å². The number of hydrogen-bond acceptors (Lipinski definition) is 5. The number of hydrogen-bond donors (Lipinski definition) is 1. The van der Waals surface area contributed by atoms with E-state index in [-0.39, 0.29) is 11.8 Å². The fraction of sp³-hybridized carbons (Fsp3) is 0.462. The Morgan fingerprint density at radius 1 is 1.57 bits per heavy atom. The van der Waals surface area contributed by atoms with Crippen molar-refractivity contribution in [2.24, 2.45) is 0 Å². The minimum atomic E-state index is -1.46. The normalized spacial score (nSPS) is 19.1. The Morgan fingerprint density at radius 3 is 2.90 bits per heavy atom. The van der Waals surface area contributed by atoms with Crippen LogP contribution in [0, 0.1) is 15.9 Å². The van der Waals surface area contributed by atoms with E-state index in [0.717, 1.165) is 6.07 Å². The van der Waals surface area contributed by atoms with Crippen molar-refractivity contribution >= 4 is 17.3 Å². The van der Waals surface area contributed by atoms with Crippen LogP contribution in [0.25, 0.3) is 0 Å². The molecule has 0 spiro atoms. The predicted molar refractivity (Wildman–Crippen MR) is 72.3 cm³/mol. The molecular formula is C13H15FN2O5. The van der Waals surface area contributed by atoms with Gasteiger partial charge in [0.05, 0.1) is 22.7 Å². The molecule has 1 aliphatic rings. The quantitative estimate of drug-likeness (QED) is 0.678. The van der Waals surface area contributed by atoms with Crippen molar-refractivity contribution in [2.75, 3.05) is 24.6 Å². The van der Waals surface area contributed by atoms with E-state index < -0.39 is 28.0 Å². The summed E-state index contributed by atoms with van der Waals surface area (Å²) >= 11 is 0. The molecule has 1 N–H and O–H groups in total. The maximum Gasteiger partial charge on any atom is 0.338 e. The van der Waals surface area contributed by atoms with E-state index in [4.69, 9.17) is 9.84 Å². The average molecular weight is 298 g/mol. The summed E-state index contributed by atoms with van der Waals surface area (Å²) in [5.41, 5.74) is -0.906. The Balaban J connectivity index is 2.50. The number of aromatic carboxylic acids is 1. The Morgan fingerprint density at radius 2 is 2.29 bits per heavy atom. The molecule has 1 fully saturated rings. The topological polar surface area (TPSA) is 92.9 Å². The number of anilines is 1. The second kappa shape index (κ2) is 6.04. The van der Waals surface area contributed by atoms with Gasteiger partial charge in [-0.05, 0) is 19.4 Å². The Kier molecular flexibility index (Phi) is 4.37. The lowest BCUT2D eigenvalue weighted by atomic mass is 10.1. The first-order valence-corrected chi connectivity index (χ1v) is 6.48. The van der Waals surface area contributed by atoms with E-state index in [1.54, 1.807) is 4.90 Å². The number of nitro benzene ring substituents is 1. The van der Waals surface area contributed by atoms with Crippen LogP contribution in [0.4, 0.5) is 15.8 Å². The second-order valence-electron chi connectivity index (χ2n) is 4.86. The molecule has 0 amide bonds. The molecule has 114 valence electrons. The lowest BCUT2D eigenvalue weighted by Gasteiger charge is -2.24. The number of ether oxygens (including phenoxy) is 1. The number of carboxylic acids is 1. The first kappa shape index (κ1) is 15.2. The van der Waals surface area contributed by atoms with E-state index >= 15 is 0 Å². The molecule has 1 aromatic carbocycles. The van der Waals surface area contributed by atoms with Gasteiger partial charge < -0.3 is 14.7 Å². The first-order chi connectivity index (χ1) is 9.90. The van der Waals surface area contributed by atoms with Crippen molar-refractivity contribution in [2.45, 2.75) is 19.4 Å². The summed E-state index contributed by atoms with van der Waals surface area (Å²) in [6.07, 6.45) is 0.506. The monoisotopic (exact) mass is 298 g/mol. The number of nitrogens with zero attached hydrogens (tertiary/aromatic N) is 2. The number of benzene rings is 1. The predicted octanol–water partition coefficient (Wildman–Crippen LogP) is 2.05. The third kappa shape index (κ3) is 3.27. The summed E-state index contributed by atoms with van der Waals surface area (Å²) < 4.78 is 19.1. The molecule has 1 aliphatic heterocycles. The zero-order chi connectivity index (χ0) is 15.6. The van der Waals surface area contributed by atoms with E-state index in [9.17, 15) is 19.3 Å². The van der Waals surface area contributed by atoms with Crippen LogP contribution in [0.5, 0.6) is 0 Å². The summed E-state index contributed by atoms with van der Waals surface area (Å²) in [4.78, 5) is 23.1. The van der Waals surface area contributed by atoms with E-state index in [1.165, 1.54) is 0 Å². The first-order valence-electron chi connectivity index (χ1n) is 6.48. The average Bonchev–Trinajstić information content (AvgIpc) is 2.62. The number of halogens is 1. The molecular weight excluding hydrogens is 283 g/mol. The molecule has 2 rings (SSSR count). The molecule has 1 aromatic rings. The Labute approximate surface area is 120 Å². The Bertz CT molecular complexity index is 578. The number of nitro groups is 1. The highest BCUT2D eigenvalue weighted by atomic mass is 19.1. The van der Waals surface area contributed by atoms with Crippen molar-refractivity contribution < 1.29 is 24.0 Å². The lowest BCUT2D eigenvalue weighted by molar-refractivity contribution is -0.384. The highest BCUT2D eigenvalue weighted by Gasteiger charge is 2.27. The zero-order valence-corrected chi connectivity index (χ0v) is 11.4. The second-order valence-corrected chi connectivity index (χ2v) is 4.86. The third-order valence-corrected chi connectivity index (χ3v) is 3.28. The maximum absolute atomic E-state index is 13.6. The summed E-state index contributed by atoms with van der Waals surface area (Å²) in [6.45, 7) is 3.21. The van der Waals surface area contributed by atoms with Crippen molar-refractivity contribution in [3.63, 3.8) is 0 Å². The summed E-state index contributed by atoms with van der Waals surface area (Å²) in [6, 6.07) is 1.68. The molecule has 0 bridgehead atoms. The van der Waals surface area contributed by atoms with Gasteiger partial charge in [0.2, 0.25) is 0 Å². The van der Waals surface area contributed by atoms with Gasteiger partial charge in [-0.3, -0.25) is 10.1 Å². The van der Waals surface area contributed by atoms with Gasteiger partial charge >= 0.3 is 5.97 Å². The largest absolute Gasteiger partial charge is 0.478 e. The molecule has 0 aromatic heterocycles. The van der Waals surface area contributed by atoms with Gasteiger partial charge in [-0.1, -0.05) is 0 Å². The fourth-order valence-electron chi connectivity index (χ4n) is 2.33. The van der Waals surface area contributed by atoms with Crippen LogP contribution >= 0.6 is 0 Å². The highest BCUT2D eigenvalue weighted by molar-refractivity contribution is 5.90. The van der Waals surface area contributed by atoms with Crippen molar-refractivity contribution in [3.8, 4) is 0 Å². The van der Waals surface area contributed by atoms with Crippen LogP contribution in [0.2, 0.25) is 0 Å². The van der Waals surface area contributed by atoms with Gasteiger partial charge in [0.1, 0.15) is 11.5 Å². The summed E-state index contributed by atoms with van der Waals surface area (Å²) in [5, 5.41) is 20.1.